The van der Waals surface area contributed by atoms with Gasteiger partial charge in [-0.25, -0.2) is 4.68 Å². The first-order valence-electron chi connectivity index (χ1n) is 8.01. The van der Waals surface area contributed by atoms with Gasteiger partial charge in [-0.05, 0) is 55.0 Å². The highest BCUT2D eigenvalue weighted by molar-refractivity contribution is 9.10. The van der Waals surface area contributed by atoms with Crippen molar-refractivity contribution in [2.75, 3.05) is 24.0 Å². The van der Waals surface area contributed by atoms with Gasteiger partial charge in [0.25, 0.3) is 0 Å². The number of hydrogen-bond acceptors (Lipinski definition) is 6. The van der Waals surface area contributed by atoms with Crippen LogP contribution < -0.4 is 15.9 Å². The van der Waals surface area contributed by atoms with Crippen molar-refractivity contribution in [1.82, 2.24) is 14.9 Å². The lowest BCUT2D eigenvalue weighted by atomic mass is 10.2. The minimum absolute atomic E-state index is 0.143. The third kappa shape index (κ3) is 4.61. The van der Waals surface area contributed by atoms with E-state index in [9.17, 15) is 4.79 Å². The molecule has 2 aromatic carbocycles. The number of anilines is 1. The normalized spacial score (nSPS) is 10.6. The molecule has 0 aliphatic carbocycles. The Morgan fingerprint density at radius 3 is 2.67 bits per heavy atom. The number of nitrogens with zero attached hydrogens (tertiary/aromatic N) is 3. The van der Waals surface area contributed by atoms with E-state index in [1.54, 1.807) is 7.11 Å². The quantitative estimate of drug-likeness (QED) is 0.443. The summed E-state index contributed by atoms with van der Waals surface area (Å²) in [6.45, 7) is 1.96. The first-order valence-corrected chi connectivity index (χ1v) is 9.79. The molecule has 0 atom stereocenters. The van der Waals surface area contributed by atoms with E-state index in [1.165, 1.54) is 16.4 Å². The molecule has 1 heterocycles. The van der Waals surface area contributed by atoms with E-state index < -0.39 is 0 Å². The van der Waals surface area contributed by atoms with E-state index in [4.69, 9.17) is 10.6 Å². The predicted molar refractivity (Wildman–Crippen MR) is 110 cm³/mol. The highest BCUT2D eigenvalue weighted by atomic mass is 79.9. The van der Waals surface area contributed by atoms with Gasteiger partial charge in [-0.2, -0.15) is 0 Å². The standard InChI is InChI=1S/C18H18BrN5O2S/c1-11-9-13(5-8-15(11)19)21-16(25)10-27-18-23-22-17(24(18)20)12-3-6-14(26-2)7-4-12/h3-9H,10,20H2,1-2H3,(H,21,25). The van der Waals surface area contributed by atoms with Crippen LogP contribution in [0.25, 0.3) is 11.4 Å². The number of thioether (sulfide) groups is 1. The van der Waals surface area contributed by atoms with Crippen molar-refractivity contribution in [3.63, 3.8) is 0 Å². The molecule has 0 radical (unpaired) electrons. The summed E-state index contributed by atoms with van der Waals surface area (Å²) in [5.74, 6) is 7.38. The van der Waals surface area contributed by atoms with Gasteiger partial charge in [0.15, 0.2) is 5.82 Å². The van der Waals surface area contributed by atoms with E-state index in [0.29, 0.717) is 11.0 Å². The molecule has 7 nitrogen and oxygen atoms in total. The van der Waals surface area contributed by atoms with Gasteiger partial charge in [0, 0.05) is 15.7 Å². The number of carbonyl (C=O) groups is 1. The fourth-order valence-electron chi connectivity index (χ4n) is 2.36. The number of aryl methyl sites for hydroxylation is 1. The molecule has 0 unspecified atom stereocenters. The van der Waals surface area contributed by atoms with Gasteiger partial charge in [-0.3, -0.25) is 4.79 Å². The Kier molecular flexibility index (Phi) is 6.02. The number of carbonyl (C=O) groups excluding carboxylic acids is 1. The summed E-state index contributed by atoms with van der Waals surface area (Å²) < 4.78 is 7.52. The molecule has 0 aliphatic rings. The summed E-state index contributed by atoms with van der Waals surface area (Å²) >= 11 is 4.66. The third-order valence-electron chi connectivity index (χ3n) is 3.79. The van der Waals surface area contributed by atoms with E-state index in [1.807, 2.05) is 49.4 Å². The Balaban J connectivity index is 1.63. The molecule has 0 saturated heterocycles. The number of ether oxygens (including phenoxy) is 1. The second-order valence-corrected chi connectivity index (χ2v) is 7.50. The topological polar surface area (TPSA) is 95.1 Å². The Morgan fingerprint density at radius 2 is 2.00 bits per heavy atom. The monoisotopic (exact) mass is 447 g/mol. The van der Waals surface area contributed by atoms with Gasteiger partial charge in [0.2, 0.25) is 11.1 Å². The van der Waals surface area contributed by atoms with Gasteiger partial charge in [-0.15, -0.1) is 10.2 Å². The number of amides is 1. The maximum atomic E-state index is 12.2. The maximum Gasteiger partial charge on any atom is 0.234 e. The van der Waals surface area contributed by atoms with Crippen molar-refractivity contribution in [2.24, 2.45) is 0 Å². The van der Waals surface area contributed by atoms with Gasteiger partial charge in [-0.1, -0.05) is 27.7 Å². The molecule has 0 spiro atoms. The smallest absolute Gasteiger partial charge is 0.234 e. The largest absolute Gasteiger partial charge is 0.497 e. The molecule has 140 valence electrons. The van der Waals surface area contributed by atoms with Crippen LogP contribution in [0.4, 0.5) is 5.69 Å². The minimum Gasteiger partial charge on any atom is -0.497 e. The van der Waals surface area contributed by atoms with Crippen molar-refractivity contribution in [3.05, 3.63) is 52.5 Å². The first kappa shape index (κ1) is 19.2. The van der Waals surface area contributed by atoms with Crippen LogP contribution in [0.3, 0.4) is 0 Å². The lowest BCUT2D eigenvalue weighted by molar-refractivity contribution is -0.113. The zero-order valence-corrected chi connectivity index (χ0v) is 17.2. The van der Waals surface area contributed by atoms with Crippen LogP contribution in [0.1, 0.15) is 5.56 Å². The number of nitrogens with two attached hydrogens (primary N) is 1. The van der Waals surface area contributed by atoms with E-state index >= 15 is 0 Å². The molecule has 0 fully saturated rings. The van der Waals surface area contributed by atoms with Crippen molar-refractivity contribution < 1.29 is 9.53 Å². The van der Waals surface area contributed by atoms with E-state index in [0.717, 1.165) is 27.0 Å². The molecule has 1 amide bonds. The second-order valence-electron chi connectivity index (χ2n) is 5.71. The van der Waals surface area contributed by atoms with Crippen LogP contribution in [0, 0.1) is 6.92 Å². The van der Waals surface area contributed by atoms with Crippen molar-refractivity contribution >= 4 is 39.3 Å². The highest BCUT2D eigenvalue weighted by Gasteiger charge is 2.14. The molecule has 1 aromatic heterocycles. The molecule has 0 aliphatic heterocycles. The molecular weight excluding hydrogens is 430 g/mol. The maximum absolute atomic E-state index is 12.2. The first-order chi connectivity index (χ1) is 13.0. The Bertz CT molecular complexity index is 959. The minimum atomic E-state index is -0.143. The van der Waals surface area contributed by atoms with E-state index in [-0.39, 0.29) is 11.7 Å². The SMILES string of the molecule is COc1ccc(-c2nnc(SCC(=O)Nc3ccc(Br)c(C)c3)n2N)cc1. The molecule has 0 saturated carbocycles. The number of benzene rings is 2. The lowest BCUT2D eigenvalue weighted by Crippen LogP contribution is -2.16. The number of hydrogen-bond donors (Lipinski definition) is 2. The van der Waals surface area contributed by atoms with Gasteiger partial charge >= 0.3 is 0 Å². The summed E-state index contributed by atoms with van der Waals surface area (Å²) in [6.07, 6.45) is 0. The fraction of sp³-hybridized carbons (Fsp3) is 0.167. The van der Waals surface area contributed by atoms with Gasteiger partial charge < -0.3 is 15.9 Å². The van der Waals surface area contributed by atoms with E-state index in [2.05, 4.69) is 31.4 Å². The zero-order valence-electron chi connectivity index (χ0n) is 14.8. The van der Waals surface area contributed by atoms with Crippen LogP contribution in [-0.2, 0) is 4.79 Å². The molecule has 3 N–H and O–H groups in total. The number of halogens is 1. The van der Waals surface area contributed by atoms with Crippen LogP contribution in [-0.4, -0.2) is 33.6 Å². The third-order valence-corrected chi connectivity index (χ3v) is 5.62. The number of nitrogen functional groups attached to an aromatic ring is 1. The Labute approximate surface area is 169 Å². The molecule has 3 rings (SSSR count). The highest BCUT2D eigenvalue weighted by Crippen LogP contribution is 2.24. The number of aromatic nitrogens is 3. The van der Waals surface area contributed by atoms with Gasteiger partial charge in [0.05, 0.1) is 12.9 Å². The summed E-state index contributed by atoms with van der Waals surface area (Å²) in [7, 11) is 1.61. The summed E-state index contributed by atoms with van der Waals surface area (Å²) in [5.41, 5.74) is 2.60. The summed E-state index contributed by atoms with van der Waals surface area (Å²) in [5, 5.41) is 11.5. The molecular formula is C18H18BrN5O2S. The fourth-order valence-corrected chi connectivity index (χ4v) is 3.27. The average Bonchev–Trinajstić information content (AvgIpc) is 3.03. The van der Waals surface area contributed by atoms with Crippen LogP contribution >= 0.6 is 27.7 Å². The summed E-state index contributed by atoms with van der Waals surface area (Å²) in [6, 6.07) is 13.0. The van der Waals surface area contributed by atoms with Crippen molar-refractivity contribution in [1.29, 1.82) is 0 Å². The molecule has 3 aromatic rings. The number of nitrogens with one attached hydrogen (secondary N) is 1. The van der Waals surface area contributed by atoms with Gasteiger partial charge in [0.1, 0.15) is 5.75 Å². The molecule has 27 heavy (non-hydrogen) atoms. The summed E-state index contributed by atoms with van der Waals surface area (Å²) in [4.78, 5) is 12.2. The molecule has 9 heteroatoms. The van der Waals surface area contributed by atoms with Crippen molar-refractivity contribution in [3.8, 4) is 17.1 Å². The predicted octanol–water partition coefficient (Wildman–Crippen LogP) is 3.47. The molecule has 0 bridgehead atoms. The Hall–Kier alpha value is -2.52. The van der Waals surface area contributed by atoms with Crippen molar-refractivity contribution in [2.45, 2.75) is 12.1 Å². The zero-order chi connectivity index (χ0) is 19.4. The average molecular weight is 448 g/mol. The van der Waals surface area contributed by atoms with Crippen LogP contribution in [0.15, 0.2) is 52.1 Å². The van der Waals surface area contributed by atoms with Crippen LogP contribution in [0.5, 0.6) is 5.75 Å². The number of methoxy groups -OCH3 is 1. The van der Waals surface area contributed by atoms with Crippen LogP contribution in [0.2, 0.25) is 0 Å². The Morgan fingerprint density at radius 1 is 1.26 bits per heavy atom. The lowest BCUT2D eigenvalue weighted by Gasteiger charge is -2.07. The second kappa shape index (κ2) is 8.45. The number of rotatable bonds is 6.